The number of aliphatic hydroxyl groups excluding tert-OH is 15. The Morgan fingerprint density at radius 3 is 1.76 bits per heavy atom. The zero-order valence-corrected chi connectivity index (χ0v) is 55.8. The lowest BCUT2D eigenvalue weighted by Gasteiger charge is -2.63. The number of ketones is 1. The summed E-state index contributed by atoms with van der Waals surface area (Å²) in [6.45, 7) is 12.7. The molecule has 96 heavy (non-hydrogen) atoms. The summed E-state index contributed by atoms with van der Waals surface area (Å²) in [4.78, 5) is 29.1. The molecule has 10 fully saturated rings. The summed E-state index contributed by atoms with van der Waals surface area (Å²) >= 11 is 0. The Balaban J connectivity index is 0.826. The molecular weight excluding hydrogens is 1280 g/mol. The molecule has 7 heterocycles. The van der Waals surface area contributed by atoms with Gasteiger partial charge >= 0.3 is 5.97 Å². The van der Waals surface area contributed by atoms with Crippen molar-refractivity contribution in [3.05, 3.63) is 11.6 Å². The number of cyclic esters (lactones) is 1. The number of carbonyl (C=O) groups is 2. The number of hydrogen-bond donors (Lipinski definition) is 15. The van der Waals surface area contributed by atoms with Gasteiger partial charge in [-0.3, -0.25) is 9.59 Å². The van der Waals surface area contributed by atoms with Gasteiger partial charge in [0, 0.05) is 13.5 Å². The predicted molar refractivity (Wildman–Crippen MR) is 320 cm³/mol. The number of rotatable bonds is 20. The fourth-order valence-corrected chi connectivity index (χ4v) is 18.6. The molecule has 31 heteroatoms. The highest BCUT2D eigenvalue weighted by molar-refractivity contribution is 5.99. The molecule has 7 saturated heterocycles. The summed E-state index contributed by atoms with van der Waals surface area (Å²) in [5, 5.41) is 166. The second kappa shape index (κ2) is 28.8. The van der Waals surface area contributed by atoms with E-state index in [9.17, 15) is 86.2 Å². The Morgan fingerprint density at radius 2 is 1.11 bits per heavy atom. The van der Waals surface area contributed by atoms with Crippen molar-refractivity contribution in [2.45, 2.75) is 297 Å². The third-order valence-corrected chi connectivity index (χ3v) is 23.9. The Kier molecular flexibility index (Phi) is 22.5. The molecule has 4 aliphatic carbocycles. The fourth-order valence-electron chi connectivity index (χ4n) is 18.6. The van der Waals surface area contributed by atoms with E-state index in [4.69, 9.17) is 66.3 Å². The first kappa shape index (κ1) is 74.9. The van der Waals surface area contributed by atoms with Crippen molar-refractivity contribution in [1.29, 1.82) is 0 Å². The van der Waals surface area contributed by atoms with Gasteiger partial charge in [0.15, 0.2) is 37.7 Å². The van der Waals surface area contributed by atoms with Gasteiger partial charge in [0.2, 0.25) is 0 Å². The van der Waals surface area contributed by atoms with Gasteiger partial charge in [-0.15, -0.1) is 0 Å². The number of aliphatic hydroxyl groups is 15. The molecule has 11 aliphatic rings. The van der Waals surface area contributed by atoms with Crippen molar-refractivity contribution in [3.8, 4) is 0 Å². The summed E-state index contributed by atoms with van der Waals surface area (Å²) in [6.07, 6.45) is -40.6. The van der Waals surface area contributed by atoms with Crippen LogP contribution in [-0.2, 0) is 75.9 Å². The number of allylic oxidation sites excluding steroid dienone is 2. The molecule has 15 N–H and O–H groups in total. The van der Waals surface area contributed by atoms with Gasteiger partial charge in [0.1, 0.15) is 140 Å². The maximum Gasteiger partial charge on any atom is 0.314 e. The minimum absolute atomic E-state index is 0.0495. The Morgan fingerprint density at radius 1 is 0.562 bits per heavy atom. The number of fused-ring (bicyclic) bond motifs is 4. The highest BCUT2D eigenvalue weighted by atomic mass is 16.8. The highest BCUT2D eigenvalue weighted by Gasteiger charge is 2.79. The number of methoxy groups -OCH3 is 1. The number of esters is 1. The zero-order chi connectivity index (χ0) is 69.8. The van der Waals surface area contributed by atoms with E-state index in [1.165, 1.54) is 19.6 Å². The first-order valence-corrected chi connectivity index (χ1v) is 34.0. The first-order chi connectivity index (χ1) is 45.3. The van der Waals surface area contributed by atoms with E-state index in [0.29, 0.717) is 44.4 Å². The summed E-state index contributed by atoms with van der Waals surface area (Å²) in [6, 6.07) is 0. The molecule has 0 bridgehead atoms. The minimum atomic E-state index is -2.03. The van der Waals surface area contributed by atoms with Gasteiger partial charge in [0.25, 0.3) is 0 Å². The zero-order valence-electron chi connectivity index (χ0n) is 55.8. The van der Waals surface area contributed by atoms with Crippen molar-refractivity contribution >= 4 is 11.8 Å². The van der Waals surface area contributed by atoms with E-state index in [1.54, 1.807) is 0 Å². The fraction of sp³-hybridized carbons (Fsp3) is 0.938. The summed E-state index contributed by atoms with van der Waals surface area (Å²) in [5.74, 6) is -0.462. The van der Waals surface area contributed by atoms with Crippen molar-refractivity contribution < 1.29 is 153 Å². The third-order valence-electron chi connectivity index (χ3n) is 23.9. The molecule has 0 aromatic carbocycles. The topological polar surface area (TPSA) is 467 Å². The van der Waals surface area contributed by atoms with Crippen LogP contribution in [0.5, 0.6) is 0 Å². The van der Waals surface area contributed by atoms with Crippen LogP contribution in [0.15, 0.2) is 11.6 Å². The van der Waals surface area contributed by atoms with Crippen molar-refractivity contribution in [3.63, 3.8) is 0 Å². The molecule has 1 spiro atoms. The molecule has 31 nitrogen and oxygen atoms in total. The second-order valence-corrected chi connectivity index (χ2v) is 30.4. The normalized spacial score (nSPS) is 52.7. The number of hydrogen-bond acceptors (Lipinski definition) is 31. The van der Waals surface area contributed by atoms with Gasteiger partial charge < -0.3 is 143 Å². The van der Waals surface area contributed by atoms with Gasteiger partial charge in [0.05, 0.1) is 56.6 Å². The molecule has 3 saturated carbocycles. The van der Waals surface area contributed by atoms with Crippen LogP contribution in [0, 0.1) is 45.3 Å². The maximum atomic E-state index is 14.6. The monoisotopic (exact) mass is 1380 g/mol. The van der Waals surface area contributed by atoms with Crippen LogP contribution in [0.25, 0.3) is 0 Å². The van der Waals surface area contributed by atoms with E-state index in [1.807, 2.05) is 6.92 Å². The van der Waals surface area contributed by atoms with Crippen LogP contribution in [-0.4, -0.2) is 312 Å². The van der Waals surface area contributed by atoms with Crippen molar-refractivity contribution in [2.75, 3.05) is 40.1 Å². The smallest absolute Gasteiger partial charge is 0.314 e. The molecule has 0 aromatic heterocycles. The molecule has 11 rings (SSSR count). The molecular formula is C65H104O31. The SMILES string of the molecule is COC1C(O)C(CO)OC(OC2C(O)COC(OC3C(C)OC(OC4C(O[C@H]5CC[C@]6(C)C7=CCC89C(=O)O[C@@](C)(CCCC(C)C)[C@H]8C(=O)C[C@@]9(C)[C@@H]7CC[C@H]6C5(C)C)OCC(OC5OC(CO)C(O)C(OC6OC(CO)C(O)C(O)C6O)C5O)C4O)C(O)C3O)C2O)C1O. The van der Waals surface area contributed by atoms with Gasteiger partial charge in [-0.25, -0.2) is 0 Å². The molecule has 7 aliphatic heterocycles. The van der Waals surface area contributed by atoms with Crippen LogP contribution in [0.2, 0.25) is 0 Å². The molecule has 550 valence electrons. The lowest BCUT2D eigenvalue weighted by atomic mass is 9.41. The number of carbonyl (C=O) groups excluding carboxylic acids is 2. The van der Waals surface area contributed by atoms with Gasteiger partial charge in [-0.2, -0.15) is 0 Å². The van der Waals surface area contributed by atoms with Crippen LogP contribution in [0.4, 0.5) is 0 Å². The van der Waals surface area contributed by atoms with Crippen LogP contribution >= 0.6 is 0 Å². The van der Waals surface area contributed by atoms with Crippen LogP contribution in [0.1, 0.15) is 113 Å². The predicted octanol–water partition coefficient (Wildman–Crippen LogP) is -3.84. The quantitative estimate of drug-likeness (QED) is 0.0315. The Bertz CT molecular complexity index is 2710. The number of Topliss-reactive ketones (excluding diaryl/α,β-unsaturated/α-hetero) is 1. The van der Waals surface area contributed by atoms with E-state index < -0.39 is 244 Å². The molecule has 36 atom stereocenters. The largest absolute Gasteiger partial charge is 0.458 e. The Hall–Kier alpha value is -2.24. The number of ether oxygens (including phenoxy) is 14. The van der Waals surface area contributed by atoms with E-state index in [-0.39, 0.29) is 30.0 Å². The van der Waals surface area contributed by atoms with E-state index >= 15 is 0 Å². The lowest BCUT2D eigenvalue weighted by Crippen LogP contribution is -2.67. The first-order valence-electron chi connectivity index (χ1n) is 34.0. The Labute approximate surface area is 556 Å². The average Bonchev–Trinajstić information content (AvgIpc) is 1.47. The standard InChI is InChI=1S/C65H104O31/c1-25(2)11-10-16-64(8)53-29(69)19-63(7)28-12-13-35-61(4,5)36(15-17-62(35,6)27(28)14-18-65(53,63)60(82)96-64)91-59-52(40(74)34(24-85-59)90-57-47(81)51(39(73)33(22-68)88-57)94-56-43(77)41(75)37(71)31(20-66)87-56)95-55-44(78)42(76)48(26(3)86-55)92-54-45(79)49(30(70)23-84-54)93-58-46(80)50(83-9)38(72)32(21-67)89-58/h14,25-26,28,30-59,66-68,70-81H,10-13,15-24H2,1-9H3/t26?,28-,30?,31?,32?,33?,34?,35+,36+,37?,38?,39?,40?,41?,42?,43?,44?,45?,46?,47?,48?,49?,50?,51?,52?,53-,54?,55?,56?,57?,58?,59?,62-,63+,64+,65?/m1/s1. The maximum absolute atomic E-state index is 14.6. The average molecular weight is 1380 g/mol. The lowest BCUT2D eigenvalue weighted by molar-refractivity contribution is -0.394. The highest BCUT2D eigenvalue weighted by Crippen LogP contribution is 2.75. The van der Waals surface area contributed by atoms with Crippen molar-refractivity contribution in [2.24, 2.45) is 45.3 Å². The van der Waals surface area contributed by atoms with Crippen LogP contribution in [0.3, 0.4) is 0 Å². The van der Waals surface area contributed by atoms with E-state index in [0.717, 1.165) is 12.8 Å². The molecule has 0 amide bonds. The van der Waals surface area contributed by atoms with Gasteiger partial charge in [-0.1, -0.05) is 59.6 Å². The summed E-state index contributed by atoms with van der Waals surface area (Å²) in [7, 11) is 1.20. The second-order valence-electron chi connectivity index (χ2n) is 30.4. The summed E-state index contributed by atoms with van der Waals surface area (Å²) in [5.41, 5.74) is -2.49. The molecule has 0 radical (unpaired) electrons. The molecule has 29 unspecified atom stereocenters. The minimum Gasteiger partial charge on any atom is -0.458 e. The summed E-state index contributed by atoms with van der Waals surface area (Å²) < 4.78 is 84.2. The molecule has 0 aromatic rings. The third kappa shape index (κ3) is 12.8. The van der Waals surface area contributed by atoms with Crippen molar-refractivity contribution in [1.82, 2.24) is 0 Å². The van der Waals surface area contributed by atoms with Gasteiger partial charge in [-0.05, 0) is 92.8 Å². The van der Waals surface area contributed by atoms with E-state index in [2.05, 4.69) is 47.6 Å². The van der Waals surface area contributed by atoms with Crippen LogP contribution < -0.4 is 0 Å².